The monoisotopic (exact) mass is 278 g/mol. The van der Waals surface area contributed by atoms with E-state index in [0.29, 0.717) is 6.04 Å². The Morgan fingerprint density at radius 1 is 1.42 bits per heavy atom. The van der Waals surface area contributed by atoms with Crippen LogP contribution >= 0.6 is 11.6 Å². The Labute approximate surface area is 121 Å². The van der Waals surface area contributed by atoms with E-state index in [1.165, 1.54) is 17.6 Å². The van der Waals surface area contributed by atoms with Gasteiger partial charge in [-0.05, 0) is 44.0 Å². The molecule has 104 valence electrons. The van der Waals surface area contributed by atoms with Crippen LogP contribution in [-0.2, 0) is 6.42 Å². The van der Waals surface area contributed by atoms with Gasteiger partial charge in [0.2, 0.25) is 0 Å². The summed E-state index contributed by atoms with van der Waals surface area (Å²) < 4.78 is 0. The van der Waals surface area contributed by atoms with E-state index < -0.39 is 0 Å². The summed E-state index contributed by atoms with van der Waals surface area (Å²) in [6, 6.07) is 11.3. The Kier molecular flexibility index (Phi) is 5.90. The second kappa shape index (κ2) is 7.68. The molecule has 1 aromatic carbocycles. The van der Waals surface area contributed by atoms with E-state index in [1.54, 1.807) is 5.54 Å². The lowest BCUT2D eigenvalue weighted by molar-refractivity contribution is 0.288. The van der Waals surface area contributed by atoms with Crippen LogP contribution in [0.3, 0.4) is 0 Å². The lowest BCUT2D eigenvalue weighted by Crippen LogP contribution is -2.39. The lowest BCUT2D eigenvalue weighted by Gasteiger charge is -2.24. The summed E-state index contributed by atoms with van der Waals surface area (Å²) in [5.41, 5.74) is 4.35. The first kappa shape index (κ1) is 14.6. The summed E-state index contributed by atoms with van der Waals surface area (Å²) in [6.45, 7) is 6.43. The topological polar surface area (TPSA) is 15.3 Å². The summed E-state index contributed by atoms with van der Waals surface area (Å²) in [5.74, 6) is 0. The van der Waals surface area contributed by atoms with Crippen molar-refractivity contribution in [3.05, 3.63) is 47.0 Å². The standard InChI is InChI=1S/C16H23ClN2/c1-14(11-17)12-19-9-5-8-18-16(13-19)10-15-6-3-2-4-7-15/h2-4,6-7,11,16,18H,5,8-10,12-13H2,1H3/b14-11-. The summed E-state index contributed by atoms with van der Waals surface area (Å²) in [7, 11) is 0. The molecule has 1 atom stereocenters. The van der Waals surface area contributed by atoms with Gasteiger partial charge in [-0.1, -0.05) is 41.9 Å². The molecule has 19 heavy (non-hydrogen) atoms. The average molecular weight is 279 g/mol. The molecular weight excluding hydrogens is 256 g/mol. The fourth-order valence-electron chi connectivity index (χ4n) is 2.64. The minimum Gasteiger partial charge on any atom is -0.312 e. The molecule has 0 amide bonds. The zero-order valence-electron chi connectivity index (χ0n) is 11.6. The fraction of sp³-hybridized carbons (Fsp3) is 0.500. The minimum atomic E-state index is 0.535. The van der Waals surface area contributed by atoms with Gasteiger partial charge in [0.15, 0.2) is 0 Å². The fourth-order valence-corrected chi connectivity index (χ4v) is 2.71. The number of nitrogens with zero attached hydrogens (tertiary/aromatic N) is 1. The molecule has 1 unspecified atom stereocenters. The smallest absolute Gasteiger partial charge is 0.0235 e. The van der Waals surface area contributed by atoms with Gasteiger partial charge in [0, 0.05) is 24.7 Å². The Balaban J connectivity index is 1.93. The normalized spacial score (nSPS) is 22.2. The van der Waals surface area contributed by atoms with Gasteiger partial charge in [-0.2, -0.15) is 0 Å². The number of halogens is 1. The quantitative estimate of drug-likeness (QED) is 0.911. The first-order chi connectivity index (χ1) is 9.28. The molecule has 1 heterocycles. The number of rotatable bonds is 4. The largest absolute Gasteiger partial charge is 0.312 e. The summed E-state index contributed by atoms with van der Waals surface area (Å²) in [4.78, 5) is 2.50. The maximum Gasteiger partial charge on any atom is 0.0235 e. The molecule has 1 aliphatic heterocycles. The molecule has 0 aliphatic carbocycles. The van der Waals surface area contributed by atoms with Crippen molar-refractivity contribution in [2.24, 2.45) is 0 Å². The maximum absolute atomic E-state index is 5.77. The van der Waals surface area contributed by atoms with Crippen molar-refractivity contribution in [1.82, 2.24) is 10.2 Å². The van der Waals surface area contributed by atoms with Crippen LogP contribution in [0.1, 0.15) is 18.9 Å². The molecule has 1 saturated heterocycles. The summed E-state index contributed by atoms with van der Waals surface area (Å²) in [6.07, 6.45) is 2.31. The molecule has 0 aromatic heterocycles. The Bertz CT molecular complexity index is 402. The molecule has 0 saturated carbocycles. The SMILES string of the molecule is C/C(=C/Cl)CN1CCCNC(Cc2ccccc2)C1. The number of hydrogen-bond acceptors (Lipinski definition) is 2. The van der Waals surface area contributed by atoms with Crippen molar-refractivity contribution < 1.29 is 0 Å². The first-order valence-electron chi connectivity index (χ1n) is 7.03. The number of hydrogen-bond donors (Lipinski definition) is 1. The highest BCUT2D eigenvalue weighted by atomic mass is 35.5. The van der Waals surface area contributed by atoms with E-state index >= 15 is 0 Å². The molecule has 1 aliphatic rings. The Morgan fingerprint density at radius 3 is 2.95 bits per heavy atom. The molecule has 2 nitrogen and oxygen atoms in total. The minimum absolute atomic E-state index is 0.535. The average Bonchev–Trinajstić information content (AvgIpc) is 2.65. The molecule has 3 heteroatoms. The van der Waals surface area contributed by atoms with E-state index in [2.05, 4.69) is 47.5 Å². The molecule has 0 radical (unpaired) electrons. The Hall–Kier alpha value is -0.830. The van der Waals surface area contributed by atoms with Crippen LogP contribution < -0.4 is 5.32 Å². The van der Waals surface area contributed by atoms with Gasteiger partial charge in [-0.15, -0.1) is 0 Å². The zero-order chi connectivity index (χ0) is 13.5. The second-order valence-corrected chi connectivity index (χ2v) is 5.60. The third-order valence-electron chi connectivity index (χ3n) is 3.55. The van der Waals surface area contributed by atoms with Gasteiger partial charge in [-0.3, -0.25) is 4.90 Å². The summed E-state index contributed by atoms with van der Waals surface area (Å²) in [5, 5.41) is 3.66. The van der Waals surface area contributed by atoms with E-state index in [0.717, 1.165) is 32.6 Å². The van der Waals surface area contributed by atoms with Crippen molar-refractivity contribution in [3.8, 4) is 0 Å². The van der Waals surface area contributed by atoms with Crippen LogP contribution in [0.15, 0.2) is 41.4 Å². The van der Waals surface area contributed by atoms with Gasteiger partial charge in [-0.25, -0.2) is 0 Å². The van der Waals surface area contributed by atoms with Gasteiger partial charge >= 0.3 is 0 Å². The van der Waals surface area contributed by atoms with Crippen LogP contribution in [0.5, 0.6) is 0 Å². The predicted molar refractivity (Wildman–Crippen MR) is 82.6 cm³/mol. The first-order valence-corrected chi connectivity index (χ1v) is 7.47. The summed E-state index contributed by atoms with van der Waals surface area (Å²) >= 11 is 5.77. The molecular formula is C16H23ClN2. The van der Waals surface area contributed by atoms with Crippen LogP contribution in [0.25, 0.3) is 0 Å². The molecule has 0 bridgehead atoms. The van der Waals surface area contributed by atoms with Crippen molar-refractivity contribution in [2.75, 3.05) is 26.2 Å². The zero-order valence-corrected chi connectivity index (χ0v) is 12.4. The molecule has 1 aromatic rings. The maximum atomic E-state index is 5.77. The van der Waals surface area contributed by atoms with Crippen LogP contribution in [0.2, 0.25) is 0 Å². The van der Waals surface area contributed by atoms with Crippen LogP contribution in [0, 0.1) is 0 Å². The van der Waals surface area contributed by atoms with Gasteiger partial charge in [0.1, 0.15) is 0 Å². The molecule has 0 spiro atoms. The van der Waals surface area contributed by atoms with Crippen LogP contribution in [0.4, 0.5) is 0 Å². The van der Waals surface area contributed by atoms with E-state index in [4.69, 9.17) is 11.6 Å². The third-order valence-corrected chi connectivity index (χ3v) is 3.92. The van der Waals surface area contributed by atoms with Crippen molar-refractivity contribution in [2.45, 2.75) is 25.8 Å². The molecule has 1 N–H and O–H groups in total. The van der Waals surface area contributed by atoms with E-state index in [9.17, 15) is 0 Å². The molecule has 2 rings (SSSR count). The second-order valence-electron chi connectivity index (χ2n) is 5.38. The number of nitrogens with one attached hydrogen (secondary N) is 1. The van der Waals surface area contributed by atoms with Crippen molar-refractivity contribution >= 4 is 11.6 Å². The molecule has 1 fully saturated rings. The van der Waals surface area contributed by atoms with Crippen molar-refractivity contribution in [3.63, 3.8) is 0 Å². The van der Waals surface area contributed by atoms with E-state index in [1.807, 2.05) is 0 Å². The number of benzene rings is 1. The lowest BCUT2D eigenvalue weighted by atomic mass is 10.1. The highest BCUT2D eigenvalue weighted by Gasteiger charge is 2.17. The van der Waals surface area contributed by atoms with Gasteiger partial charge < -0.3 is 5.32 Å². The van der Waals surface area contributed by atoms with Gasteiger partial charge in [0.25, 0.3) is 0 Å². The highest BCUT2D eigenvalue weighted by Crippen LogP contribution is 2.10. The third kappa shape index (κ3) is 4.98. The van der Waals surface area contributed by atoms with E-state index in [-0.39, 0.29) is 0 Å². The Morgan fingerprint density at radius 2 is 2.21 bits per heavy atom. The van der Waals surface area contributed by atoms with Crippen molar-refractivity contribution in [1.29, 1.82) is 0 Å². The predicted octanol–water partition coefficient (Wildman–Crippen LogP) is 3.04. The van der Waals surface area contributed by atoms with Crippen LogP contribution in [-0.4, -0.2) is 37.1 Å². The van der Waals surface area contributed by atoms with Gasteiger partial charge in [0.05, 0.1) is 0 Å². The highest BCUT2D eigenvalue weighted by molar-refractivity contribution is 6.25.